The summed E-state index contributed by atoms with van der Waals surface area (Å²) >= 11 is 0. The van der Waals surface area contributed by atoms with Gasteiger partial charge in [-0.25, -0.2) is 14.8 Å². The quantitative estimate of drug-likeness (QED) is 0.759. The van der Waals surface area contributed by atoms with Crippen LogP contribution in [0.15, 0.2) is 40.1 Å². The number of hydrogen-bond donors (Lipinski definition) is 2. The minimum atomic E-state index is -0.549. The lowest BCUT2D eigenvalue weighted by Gasteiger charge is -2.10. The molecule has 0 bridgehead atoms. The number of aromatic amines is 2. The van der Waals surface area contributed by atoms with Gasteiger partial charge in [-0.3, -0.25) is 9.78 Å². The van der Waals surface area contributed by atoms with E-state index in [-0.39, 0.29) is 16.6 Å². The summed E-state index contributed by atoms with van der Waals surface area (Å²) in [6, 6.07) is 7.28. The lowest BCUT2D eigenvalue weighted by Crippen LogP contribution is -2.17. The molecule has 0 saturated carbocycles. The summed E-state index contributed by atoms with van der Waals surface area (Å²) in [4.78, 5) is 36.4. The van der Waals surface area contributed by atoms with Gasteiger partial charge in [0.15, 0.2) is 5.65 Å². The maximum atomic E-state index is 12.1. The number of fused-ring (bicyclic) bond motifs is 1. The molecule has 2 N–H and O–H groups in total. The first-order valence-electron chi connectivity index (χ1n) is 6.90. The van der Waals surface area contributed by atoms with Crippen molar-refractivity contribution in [3.63, 3.8) is 0 Å². The second kappa shape index (κ2) is 5.80. The summed E-state index contributed by atoms with van der Waals surface area (Å²) in [7, 11) is 0. The summed E-state index contributed by atoms with van der Waals surface area (Å²) in [6.07, 6.45) is 2.08. The highest BCUT2D eigenvalue weighted by Crippen LogP contribution is 2.27. The zero-order valence-corrected chi connectivity index (χ0v) is 11.9. The van der Waals surface area contributed by atoms with Crippen LogP contribution < -0.4 is 16.0 Å². The van der Waals surface area contributed by atoms with E-state index < -0.39 is 5.69 Å². The zero-order chi connectivity index (χ0) is 15.5. The van der Waals surface area contributed by atoms with E-state index in [9.17, 15) is 9.59 Å². The van der Waals surface area contributed by atoms with E-state index in [1.807, 2.05) is 25.1 Å². The Kier molecular flexibility index (Phi) is 3.69. The van der Waals surface area contributed by atoms with Crippen molar-refractivity contribution in [3.05, 3.63) is 51.3 Å². The molecule has 2 heterocycles. The molecule has 0 amide bonds. The van der Waals surface area contributed by atoms with E-state index in [4.69, 9.17) is 4.74 Å². The largest absolute Gasteiger partial charge is 0.493 e. The van der Waals surface area contributed by atoms with Gasteiger partial charge >= 0.3 is 5.69 Å². The number of benzene rings is 1. The van der Waals surface area contributed by atoms with Crippen LogP contribution >= 0.6 is 0 Å². The molecule has 0 fully saturated rings. The van der Waals surface area contributed by atoms with Crippen LogP contribution in [-0.4, -0.2) is 26.5 Å². The molecule has 0 unspecified atom stereocenters. The summed E-state index contributed by atoms with van der Waals surface area (Å²) in [5, 5.41) is 0.232. The predicted octanol–water partition coefficient (Wildman–Crippen LogP) is 1.46. The van der Waals surface area contributed by atoms with Gasteiger partial charge in [-0.2, -0.15) is 0 Å². The van der Waals surface area contributed by atoms with E-state index in [1.54, 1.807) is 6.07 Å². The van der Waals surface area contributed by atoms with Gasteiger partial charge in [-0.05, 0) is 18.6 Å². The average molecular weight is 298 g/mol. The molecule has 3 aromatic rings. The van der Waals surface area contributed by atoms with Crippen LogP contribution in [0.3, 0.4) is 0 Å². The third-order valence-corrected chi connectivity index (χ3v) is 3.10. The zero-order valence-electron chi connectivity index (χ0n) is 11.9. The van der Waals surface area contributed by atoms with E-state index in [0.717, 1.165) is 6.42 Å². The highest BCUT2D eigenvalue weighted by Gasteiger charge is 2.11. The number of rotatable bonds is 4. The van der Waals surface area contributed by atoms with Gasteiger partial charge in [-0.1, -0.05) is 19.1 Å². The highest BCUT2D eigenvalue weighted by molar-refractivity contribution is 5.75. The molecule has 2 aromatic heterocycles. The van der Waals surface area contributed by atoms with Crippen molar-refractivity contribution in [2.75, 3.05) is 6.61 Å². The van der Waals surface area contributed by atoms with Crippen LogP contribution in [0, 0.1) is 0 Å². The average Bonchev–Trinajstić information content (AvgIpc) is 2.52. The van der Waals surface area contributed by atoms with E-state index in [2.05, 4.69) is 19.9 Å². The maximum absolute atomic E-state index is 12.1. The van der Waals surface area contributed by atoms with Crippen LogP contribution in [-0.2, 0) is 0 Å². The Morgan fingerprint density at radius 1 is 1.18 bits per heavy atom. The molecule has 0 aliphatic carbocycles. The number of ether oxygens (including phenoxy) is 1. The first-order valence-corrected chi connectivity index (χ1v) is 6.90. The fourth-order valence-electron chi connectivity index (χ4n) is 2.08. The molecule has 7 nitrogen and oxygen atoms in total. The Bertz CT molecular complexity index is 930. The van der Waals surface area contributed by atoms with Crippen molar-refractivity contribution >= 4 is 11.0 Å². The molecule has 0 aliphatic rings. The Morgan fingerprint density at radius 2 is 2.00 bits per heavy atom. The third kappa shape index (κ3) is 2.60. The Hall–Kier alpha value is -2.96. The van der Waals surface area contributed by atoms with Gasteiger partial charge in [0.25, 0.3) is 5.56 Å². The maximum Gasteiger partial charge on any atom is 0.346 e. The van der Waals surface area contributed by atoms with Crippen LogP contribution in [0.1, 0.15) is 13.3 Å². The first kappa shape index (κ1) is 14.0. The van der Waals surface area contributed by atoms with Gasteiger partial charge in [0, 0.05) is 6.20 Å². The van der Waals surface area contributed by atoms with E-state index in [0.29, 0.717) is 23.7 Å². The minimum Gasteiger partial charge on any atom is -0.493 e. The van der Waals surface area contributed by atoms with Crippen molar-refractivity contribution in [3.8, 4) is 17.1 Å². The smallest absolute Gasteiger partial charge is 0.346 e. The van der Waals surface area contributed by atoms with E-state index >= 15 is 0 Å². The molecular formula is C15H14N4O3. The van der Waals surface area contributed by atoms with Crippen molar-refractivity contribution in [2.45, 2.75) is 13.3 Å². The molecular weight excluding hydrogens is 284 g/mol. The number of para-hydroxylation sites is 1. The third-order valence-electron chi connectivity index (χ3n) is 3.10. The lowest BCUT2D eigenvalue weighted by atomic mass is 10.2. The normalized spacial score (nSPS) is 10.8. The second-order valence-corrected chi connectivity index (χ2v) is 4.71. The molecule has 0 aliphatic heterocycles. The predicted molar refractivity (Wildman–Crippen MR) is 82.0 cm³/mol. The molecule has 1 aromatic carbocycles. The minimum absolute atomic E-state index is 0.198. The standard InChI is InChI=1S/C15H14N4O3/c1-2-7-22-11-6-4-3-5-9(11)12-17-13-10(14(20)18-12)8-16-15(21)19-13/h3-6,8H,2,7H2,1H3,(H2,16,17,18,19,20,21). The molecule has 0 spiro atoms. The molecule has 0 radical (unpaired) electrons. The topological polar surface area (TPSA) is 101 Å². The Balaban J connectivity index is 2.18. The monoisotopic (exact) mass is 298 g/mol. The summed E-state index contributed by atoms with van der Waals surface area (Å²) < 4.78 is 5.67. The van der Waals surface area contributed by atoms with Gasteiger partial charge in [0.05, 0.1) is 12.2 Å². The number of nitrogens with zero attached hydrogens (tertiary/aromatic N) is 2. The molecule has 112 valence electrons. The molecule has 7 heteroatoms. The van der Waals surface area contributed by atoms with Gasteiger partial charge in [0.2, 0.25) is 0 Å². The fourth-order valence-corrected chi connectivity index (χ4v) is 2.08. The van der Waals surface area contributed by atoms with Crippen LogP contribution in [0.2, 0.25) is 0 Å². The van der Waals surface area contributed by atoms with Crippen LogP contribution in [0.25, 0.3) is 22.4 Å². The van der Waals surface area contributed by atoms with Gasteiger partial charge < -0.3 is 9.72 Å². The first-order chi connectivity index (χ1) is 10.7. The molecule has 22 heavy (non-hydrogen) atoms. The number of aromatic nitrogens is 4. The van der Waals surface area contributed by atoms with Crippen LogP contribution in [0.4, 0.5) is 0 Å². The molecule has 0 saturated heterocycles. The number of nitrogens with one attached hydrogen (secondary N) is 2. The second-order valence-electron chi connectivity index (χ2n) is 4.71. The van der Waals surface area contributed by atoms with E-state index in [1.165, 1.54) is 6.20 Å². The SMILES string of the molecule is CCCOc1ccccc1-c1nc2[nH]c(=O)ncc2c(=O)[nH]1. The number of hydrogen-bond acceptors (Lipinski definition) is 5. The Labute approximate surface area is 125 Å². The Morgan fingerprint density at radius 3 is 2.82 bits per heavy atom. The molecule has 0 atom stereocenters. The summed E-state index contributed by atoms with van der Waals surface area (Å²) in [5.41, 5.74) is -0.0576. The van der Waals surface area contributed by atoms with Gasteiger partial charge in [-0.15, -0.1) is 0 Å². The number of H-pyrrole nitrogens is 2. The molecule has 3 rings (SSSR count). The van der Waals surface area contributed by atoms with Crippen molar-refractivity contribution < 1.29 is 4.74 Å². The van der Waals surface area contributed by atoms with Crippen molar-refractivity contribution in [1.29, 1.82) is 0 Å². The summed E-state index contributed by atoms with van der Waals surface area (Å²) in [5.74, 6) is 0.967. The fraction of sp³-hybridized carbons (Fsp3) is 0.200. The summed E-state index contributed by atoms with van der Waals surface area (Å²) in [6.45, 7) is 2.58. The lowest BCUT2D eigenvalue weighted by molar-refractivity contribution is 0.318. The van der Waals surface area contributed by atoms with Crippen molar-refractivity contribution in [2.24, 2.45) is 0 Å². The highest BCUT2D eigenvalue weighted by atomic mass is 16.5. The van der Waals surface area contributed by atoms with Gasteiger partial charge in [0.1, 0.15) is 17.0 Å². The van der Waals surface area contributed by atoms with Crippen molar-refractivity contribution in [1.82, 2.24) is 19.9 Å². The van der Waals surface area contributed by atoms with Crippen LogP contribution in [0.5, 0.6) is 5.75 Å².